The topological polar surface area (TPSA) is 108 Å². The molecule has 0 saturated carbocycles. The van der Waals surface area contributed by atoms with E-state index < -0.39 is 11.9 Å². The Hall–Kier alpha value is -2.12. The average molecular weight is 324 g/mol. The zero-order valence-electron chi connectivity index (χ0n) is 13.2. The van der Waals surface area contributed by atoms with Gasteiger partial charge in [-0.25, -0.2) is 9.59 Å². The summed E-state index contributed by atoms with van der Waals surface area (Å²) in [7, 11) is 0. The van der Waals surface area contributed by atoms with Gasteiger partial charge in [-0.1, -0.05) is 31.5 Å². The highest BCUT2D eigenvalue weighted by Gasteiger charge is 2.13. The van der Waals surface area contributed by atoms with Crippen LogP contribution in [0.3, 0.4) is 0 Å². The van der Waals surface area contributed by atoms with Gasteiger partial charge in [-0.05, 0) is 18.1 Å². The zero-order chi connectivity index (χ0) is 17.1. The molecule has 7 heteroatoms. The van der Waals surface area contributed by atoms with E-state index in [2.05, 4.69) is 41.8 Å². The number of benzene rings is 1. The molecule has 0 aromatic heterocycles. The van der Waals surface area contributed by atoms with Gasteiger partial charge in [-0.3, -0.25) is 0 Å². The maximum atomic E-state index is 9.10. The molecule has 1 heterocycles. The SMILES string of the molecule is CCCc1ccccc1NCC1CNCCO1.O=C(O)C(=O)O. The molecule has 1 aromatic rings. The first-order valence-electron chi connectivity index (χ1n) is 7.65. The second-order valence-electron chi connectivity index (χ2n) is 5.10. The molecule has 4 N–H and O–H groups in total. The highest BCUT2D eigenvalue weighted by molar-refractivity contribution is 6.27. The monoisotopic (exact) mass is 324 g/mol. The molecule has 0 spiro atoms. The first-order chi connectivity index (χ1) is 11.0. The molecule has 128 valence electrons. The summed E-state index contributed by atoms with van der Waals surface area (Å²) < 4.78 is 5.67. The van der Waals surface area contributed by atoms with E-state index >= 15 is 0 Å². The third-order valence-electron chi connectivity index (χ3n) is 3.24. The van der Waals surface area contributed by atoms with Crippen LogP contribution in [0.4, 0.5) is 5.69 Å². The highest BCUT2D eigenvalue weighted by atomic mass is 16.5. The Kier molecular flexibility index (Phi) is 8.71. The maximum absolute atomic E-state index is 9.10. The van der Waals surface area contributed by atoms with E-state index in [1.165, 1.54) is 17.7 Å². The van der Waals surface area contributed by atoms with Gasteiger partial charge in [0.05, 0.1) is 12.7 Å². The van der Waals surface area contributed by atoms with E-state index in [1.54, 1.807) is 0 Å². The normalized spacial score (nSPS) is 16.8. The number of hydrogen-bond donors (Lipinski definition) is 4. The molecule has 1 aliphatic rings. The molecule has 2 rings (SSSR count). The average Bonchev–Trinajstić information content (AvgIpc) is 2.56. The van der Waals surface area contributed by atoms with Crippen LogP contribution >= 0.6 is 0 Å². The number of carbonyl (C=O) groups is 2. The van der Waals surface area contributed by atoms with Crippen LogP contribution in [0.25, 0.3) is 0 Å². The molecular weight excluding hydrogens is 300 g/mol. The van der Waals surface area contributed by atoms with Gasteiger partial charge >= 0.3 is 11.9 Å². The van der Waals surface area contributed by atoms with Crippen LogP contribution in [0.15, 0.2) is 24.3 Å². The number of aliphatic carboxylic acids is 2. The van der Waals surface area contributed by atoms with Crippen LogP contribution in [0.5, 0.6) is 0 Å². The summed E-state index contributed by atoms with van der Waals surface area (Å²) >= 11 is 0. The zero-order valence-corrected chi connectivity index (χ0v) is 13.2. The highest BCUT2D eigenvalue weighted by Crippen LogP contribution is 2.16. The van der Waals surface area contributed by atoms with Gasteiger partial charge in [0.1, 0.15) is 0 Å². The van der Waals surface area contributed by atoms with Crippen molar-refractivity contribution in [3.05, 3.63) is 29.8 Å². The number of nitrogens with one attached hydrogen (secondary N) is 2. The number of carboxylic acids is 2. The van der Waals surface area contributed by atoms with E-state index in [-0.39, 0.29) is 0 Å². The number of morpholine rings is 1. The standard InChI is InChI=1S/C14H22N2O.C2H2O4/c1-2-5-12-6-3-4-7-14(12)16-11-13-10-15-8-9-17-13;3-1(4)2(5)6/h3-4,6-7,13,15-16H,2,5,8-11H2,1H3;(H,3,4)(H,5,6). The van der Waals surface area contributed by atoms with Gasteiger partial charge in [-0.15, -0.1) is 0 Å². The van der Waals surface area contributed by atoms with Crippen LogP contribution in [0, 0.1) is 0 Å². The molecule has 0 aliphatic carbocycles. The van der Waals surface area contributed by atoms with E-state index in [0.717, 1.165) is 32.7 Å². The quantitative estimate of drug-likeness (QED) is 0.603. The number of rotatable bonds is 5. The number of carboxylic acid groups (broad SMARTS) is 2. The Balaban J connectivity index is 0.000000379. The van der Waals surface area contributed by atoms with E-state index in [1.807, 2.05) is 0 Å². The predicted molar refractivity (Wildman–Crippen MR) is 86.8 cm³/mol. The summed E-state index contributed by atoms with van der Waals surface area (Å²) in [5, 5.41) is 21.6. The first kappa shape index (κ1) is 18.9. The molecule has 0 amide bonds. The van der Waals surface area contributed by atoms with Crippen molar-refractivity contribution in [3.8, 4) is 0 Å². The lowest BCUT2D eigenvalue weighted by Crippen LogP contribution is -2.42. The number of hydrogen-bond acceptors (Lipinski definition) is 5. The lowest BCUT2D eigenvalue weighted by Gasteiger charge is -2.24. The number of para-hydroxylation sites is 1. The Morgan fingerprint density at radius 3 is 2.57 bits per heavy atom. The molecule has 7 nitrogen and oxygen atoms in total. The Morgan fingerprint density at radius 2 is 2.00 bits per heavy atom. The molecule has 1 aliphatic heterocycles. The first-order valence-corrected chi connectivity index (χ1v) is 7.65. The summed E-state index contributed by atoms with van der Waals surface area (Å²) in [5.41, 5.74) is 2.65. The van der Waals surface area contributed by atoms with Crippen LogP contribution < -0.4 is 10.6 Å². The molecule has 1 atom stereocenters. The van der Waals surface area contributed by atoms with Gasteiger partial charge in [0, 0.05) is 25.3 Å². The van der Waals surface area contributed by atoms with Crippen molar-refractivity contribution in [2.24, 2.45) is 0 Å². The minimum absolute atomic E-state index is 0.290. The number of ether oxygens (including phenoxy) is 1. The van der Waals surface area contributed by atoms with E-state index in [0.29, 0.717) is 6.10 Å². The van der Waals surface area contributed by atoms with Gasteiger partial charge in [-0.2, -0.15) is 0 Å². The van der Waals surface area contributed by atoms with E-state index in [4.69, 9.17) is 24.5 Å². The minimum Gasteiger partial charge on any atom is -0.473 e. The predicted octanol–water partition coefficient (Wildman–Crippen LogP) is 1.20. The fourth-order valence-electron chi connectivity index (χ4n) is 2.15. The molecule has 23 heavy (non-hydrogen) atoms. The molecule has 0 radical (unpaired) electrons. The van der Waals surface area contributed by atoms with Crippen LogP contribution in [-0.2, 0) is 20.7 Å². The molecule has 1 unspecified atom stereocenters. The Labute approximate surface area is 135 Å². The third-order valence-corrected chi connectivity index (χ3v) is 3.24. The fourth-order valence-corrected chi connectivity index (χ4v) is 2.15. The van der Waals surface area contributed by atoms with Crippen molar-refractivity contribution in [3.63, 3.8) is 0 Å². The van der Waals surface area contributed by atoms with Gasteiger partial charge in [0.15, 0.2) is 0 Å². The summed E-state index contributed by atoms with van der Waals surface area (Å²) in [4.78, 5) is 18.2. The Bertz CT molecular complexity index is 489. The molecular formula is C16H24N2O5. The molecule has 0 bridgehead atoms. The number of anilines is 1. The fraction of sp³-hybridized carbons (Fsp3) is 0.500. The Morgan fingerprint density at radius 1 is 1.30 bits per heavy atom. The molecule has 1 saturated heterocycles. The summed E-state index contributed by atoms with van der Waals surface area (Å²) in [6, 6.07) is 8.55. The molecule has 1 fully saturated rings. The second kappa shape index (κ2) is 10.6. The van der Waals surface area contributed by atoms with Crippen molar-refractivity contribution in [2.45, 2.75) is 25.9 Å². The van der Waals surface area contributed by atoms with E-state index in [9.17, 15) is 0 Å². The van der Waals surface area contributed by atoms with Crippen molar-refractivity contribution in [2.75, 3.05) is 31.6 Å². The third kappa shape index (κ3) is 7.62. The van der Waals surface area contributed by atoms with Gasteiger partial charge in [0.25, 0.3) is 0 Å². The minimum atomic E-state index is -1.82. The maximum Gasteiger partial charge on any atom is 0.414 e. The van der Waals surface area contributed by atoms with Crippen LogP contribution in [-0.4, -0.2) is 54.5 Å². The van der Waals surface area contributed by atoms with Crippen LogP contribution in [0.1, 0.15) is 18.9 Å². The van der Waals surface area contributed by atoms with Gasteiger partial charge < -0.3 is 25.6 Å². The lowest BCUT2D eigenvalue weighted by atomic mass is 10.1. The largest absolute Gasteiger partial charge is 0.473 e. The van der Waals surface area contributed by atoms with Crippen molar-refractivity contribution in [1.29, 1.82) is 0 Å². The van der Waals surface area contributed by atoms with Crippen molar-refractivity contribution < 1.29 is 24.5 Å². The molecule has 1 aromatic carbocycles. The van der Waals surface area contributed by atoms with Crippen molar-refractivity contribution in [1.82, 2.24) is 5.32 Å². The van der Waals surface area contributed by atoms with Gasteiger partial charge in [0.2, 0.25) is 0 Å². The summed E-state index contributed by atoms with van der Waals surface area (Å²) in [6.07, 6.45) is 2.60. The summed E-state index contributed by atoms with van der Waals surface area (Å²) in [5.74, 6) is -3.65. The van der Waals surface area contributed by atoms with Crippen LogP contribution in [0.2, 0.25) is 0 Å². The smallest absolute Gasteiger partial charge is 0.414 e. The second-order valence-corrected chi connectivity index (χ2v) is 5.10. The number of aryl methyl sites for hydroxylation is 1. The summed E-state index contributed by atoms with van der Waals surface area (Å²) in [6.45, 7) is 5.84. The van der Waals surface area contributed by atoms with Crippen molar-refractivity contribution >= 4 is 17.6 Å². The lowest BCUT2D eigenvalue weighted by molar-refractivity contribution is -0.159.